The third-order valence-electron chi connectivity index (χ3n) is 4.80. The van der Waals surface area contributed by atoms with Crippen molar-refractivity contribution < 1.29 is 4.79 Å². The predicted molar refractivity (Wildman–Crippen MR) is 111 cm³/mol. The molecule has 138 valence electrons. The molecule has 0 unspecified atom stereocenters. The van der Waals surface area contributed by atoms with Gasteiger partial charge in [-0.05, 0) is 55.0 Å². The lowest BCUT2D eigenvalue weighted by Crippen LogP contribution is -2.52. The van der Waals surface area contributed by atoms with Gasteiger partial charge in [0.1, 0.15) is 0 Å². The predicted octanol–water partition coefficient (Wildman–Crippen LogP) is 5.31. The Kier molecular flexibility index (Phi) is 7.28. The average molecular weight is 371 g/mol. The number of rotatable bonds is 6. The van der Waals surface area contributed by atoms with Crippen molar-refractivity contribution in [1.29, 1.82) is 0 Å². The molecule has 0 aromatic heterocycles. The maximum atomic E-state index is 12.5. The van der Waals surface area contributed by atoms with Crippen LogP contribution in [0.2, 0.25) is 5.02 Å². The smallest absolute Gasteiger partial charge is 0.239 e. The third-order valence-corrected chi connectivity index (χ3v) is 5.03. The van der Waals surface area contributed by atoms with Gasteiger partial charge in [0.25, 0.3) is 0 Å². The van der Waals surface area contributed by atoms with E-state index in [1.165, 1.54) is 5.56 Å². The second-order valence-corrected chi connectivity index (χ2v) is 6.79. The summed E-state index contributed by atoms with van der Waals surface area (Å²) in [6.45, 7) is 8.35. The van der Waals surface area contributed by atoms with E-state index in [2.05, 4.69) is 42.8 Å². The van der Waals surface area contributed by atoms with E-state index >= 15 is 0 Å². The summed E-state index contributed by atoms with van der Waals surface area (Å²) in [5, 5.41) is 7.20. The monoisotopic (exact) mass is 370 g/mol. The molecule has 3 rings (SSSR count). The number of hydrogen-bond donors (Lipinski definition) is 2. The van der Waals surface area contributed by atoms with Crippen molar-refractivity contribution >= 4 is 23.2 Å². The molecule has 2 N–H and O–H groups in total. The molecule has 2 aromatic carbocycles. The maximum Gasteiger partial charge on any atom is 0.239 e. The van der Waals surface area contributed by atoms with Gasteiger partial charge < -0.3 is 10.6 Å². The topological polar surface area (TPSA) is 41.1 Å². The average Bonchev–Trinajstić information content (AvgIpc) is 2.66. The van der Waals surface area contributed by atoms with Gasteiger partial charge in [-0.25, -0.2) is 0 Å². The molecule has 0 bridgehead atoms. The fourth-order valence-electron chi connectivity index (χ4n) is 3.29. The van der Waals surface area contributed by atoms with Crippen molar-refractivity contribution in [2.45, 2.75) is 38.1 Å². The van der Waals surface area contributed by atoms with Crippen molar-refractivity contribution in [2.24, 2.45) is 0 Å². The molecule has 0 heterocycles. The molecule has 1 fully saturated rings. The lowest BCUT2D eigenvalue weighted by atomic mass is 9.72. The Bertz CT molecular complexity index is 726. The molecule has 0 radical (unpaired) electrons. The van der Waals surface area contributed by atoms with E-state index in [0.29, 0.717) is 0 Å². The second-order valence-electron chi connectivity index (χ2n) is 6.36. The highest BCUT2D eigenvalue weighted by molar-refractivity contribution is 6.30. The number of nitrogens with one attached hydrogen (secondary N) is 2. The van der Waals surface area contributed by atoms with Crippen molar-refractivity contribution in [3.05, 3.63) is 77.8 Å². The Morgan fingerprint density at radius 2 is 1.85 bits per heavy atom. The Hall–Kier alpha value is -2.26. The van der Waals surface area contributed by atoms with Gasteiger partial charge in [-0.2, -0.15) is 0 Å². The Balaban J connectivity index is 0.00000117. The number of anilines is 1. The fraction of sp³-hybridized carbons (Fsp3) is 0.318. The van der Waals surface area contributed by atoms with Gasteiger partial charge in [-0.15, -0.1) is 13.2 Å². The van der Waals surface area contributed by atoms with Crippen LogP contribution in [0.5, 0.6) is 0 Å². The van der Waals surface area contributed by atoms with Gasteiger partial charge in [-0.1, -0.05) is 48.9 Å². The zero-order valence-corrected chi connectivity index (χ0v) is 16.1. The molecule has 0 spiro atoms. The number of carbonyl (C=O) groups is 1. The Morgan fingerprint density at radius 1 is 1.15 bits per heavy atom. The van der Waals surface area contributed by atoms with Crippen LogP contribution in [-0.2, 0) is 16.8 Å². The summed E-state index contributed by atoms with van der Waals surface area (Å²) >= 11 is 6.03. The van der Waals surface area contributed by atoms with Crippen LogP contribution < -0.4 is 10.6 Å². The molecular formula is C22H27ClN2O. The second kappa shape index (κ2) is 9.44. The molecular weight excluding hydrogens is 344 g/mol. The van der Waals surface area contributed by atoms with Gasteiger partial charge in [-0.3, -0.25) is 4.79 Å². The van der Waals surface area contributed by atoms with Gasteiger partial charge in [0, 0.05) is 10.7 Å². The summed E-state index contributed by atoms with van der Waals surface area (Å²) in [6, 6.07) is 16.0. The standard InChI is InChI=1S/C20H23ClN2O.C2H4/c1-2-15-13-17(21)9-10-18(15)22-14-19(24)23-20(11-6-12-20)16-7-4-3-5-8-16;1-2/h3-5,7-10,13,22H,2,6,11-12,14H2,1H3,(H,23,24);1-2H2. The molecule has 2 aromatic rings. The van der Waals surface area contributed by atoms with Crippen LogP contribution in [0.1, 0.15) is 37.3 Å². The van der Waals surface area contributed by atoms with Gasteiger partial charge >= 0.3 is 0 Å². The number of carbonyl (C=O) groups excluding carboxylic acids is 1. The van der Waals surface area contributed by atoms with E-state index in [4.69, 9.17) is 11.6 Å². The summed E-state index contributed by atoms with van der Waals surface area (Å²) in [5.41, 5.74) is 3.11. The number of benzene rings is 2. The molecule has 4 heteroatoms. The van der Waals surface area contributed by atoms with Crippen LogP contribution in [-0.4, -0.2) is 12.5 Å². The molecule has 0 atom stereocenters. The van der Waals surface area contributed by atoms with E-state index in [1.807, 2.05) is 36.4 Å². The van der Waals surface area contributed by atoms with E-state index in [-0.39, 0.29) is 18.0 Å². The number of hydrogen-bond acceptors (Lipinski definition) is 2. The van der Waals surface area contributed by atoms with E-state index in [0.717, 1.165) is 42.0 Å². The summed E-state index contributed by atoms with van der Waals surface area (Å²) in [5.74, 6) is 0.0237. The lowest BCUT2D eigenvalue weighted by molar-refractivity contribution is -0.122. The summed E-state index contributed by atoms with van der Waals surface area (Å²) in [6.07, 6.45) is 4.03. The van der Waals surface area contributed by atoms with Crippen molar-refractivity contribution in [1.82, 2.24) is 5.32 Å². The first kappa shape index (κ1) is 20.1. The number of aryl methyl sites for hydroxylation is 1. The molecule has 1 aliphatic rings. The first-order valence-electron chi connectivity index (χ1n) is 9.02. The highest BCUT2D eigenvalue weighted by Gasteiger charge is 2.39. The number of halogens is 1. The van der Waals surface area contributed by atoms with Crippen molar-refractivity contribution in [3.8, 4) is 0 Å². The van der Waals surface area contributed by atoms with Crippen LogP contribution in [0, 0.1) is 0 Å². The van der Waals surface area contributed by atoms with Crippen LogP contribution in [0.15, 0.2) is 61.7 Å². The van der Waals surface area contributed by atoms with Crippen LogP contribution >= 0.6 is 11.6 Å². The first-order valence-corrected chi connectivity index (χ1v) is 9.39. The zero-order valence-electron chi connectivity index (χ0n) is 15.4. The molecule has 3 nitrogen and oxygen atoms in total. The minimum Gasteiger partial charge on any atom is -0.376 e. The maximum absolute atomic E-state index is 12.5. The van der Waals surface area contributed by atoms with Crippen molar-refractivity contribution in [3.63, 3.8) is 0 Å². The molecule has 1 amide bonds. The van der Waals surface area contributed by atoms with Crippen LogP contribution in [0.3, 0.4) is 0 Å². The fourth-order valence-corrected chi connectivity index (χ4v) is 3.48. The van der Waals surface area contributed by atoms with E-state index in [1.54, 1.807) is 0 Å². The zero-order chi connectivity index (χ0) is 19.0. The van der Waals surface area contributed by atoms with Crippen molar-refractivity contribution in [2.75, 3.05) is 11.9 Å². The van der Waals surface area contributed by atoms with Crippen LogP contribution in [0.4, 0.5) is 5.69 Å². The summed E-state index contributed by atoms with van der Waals surface area (Å²) < 4.78 is 0. The highest BCUT2D eigenvalue weighted by atomic mass is 35.5. The minimum atomic E-state index is -0.187. The summed E-state index contributed by atoms with van der Waals surface area (Å²) in [4.78, 5) is 12.5. The first-order chi connectivity index (χ1) is 12.6. The molecule has 1 aliphatic carbocycles. The normalized spacial score (nSPS) is 14.4. The molecule has 0 aliphatic heterocycles. The minimum absolute atomic E-state index is 0.0237. The molecule has 0 saturated heterocycles. The van der Waals surface area contributed by atoms with Gasteiger partial charge in [0.05, 0.1) is 12.1 Å². The van der Waals surface area contributed by atoms with Gasteiger partial charge in [0.15, 0.2) is 0 Å². The van der Waals surface area contributed by atoms with E-state index < -0.39 is 0 Å². The molecule has 26 heavy (non-hydrogen) atoms. The molecule has 1 saturated carbocycles. The Morgan fingerprint density at radius 3 is 2.42 bits per heavy atom. The van der Waals surface area contributed by atoms with Gasteiger partial charge in [0.2, 0.25) is 5.91 Å². The third kappa shape index (κ3) is 4.67. The van der Waals surface area contributed by atoms with Crippen LogP contribution in [0.25, 0.3) is 0 Å². The Labute approximate surface area is 161 Å². The number of amides is 1. The quantitative estimate of drug-likeness (QED) is 0.676. The lowest BCUT2D eigenvalue weighted by Gasteiger charge is -2.43. The van der Waals surface area contributed by atoms with E-state index in [9.17, 15) is 4.79 Å². The largest absolute Gasteiger partial charge is 0.376 e. The SMILES string of the molecule is C=C.CCc1cc(Cl)ccc1NCC(=O)NC1(c2ccccc2)CCC1. The highest BCUT2D eigenvalue weighted by Crippen LogP contribution is 2.41. The summed E-state index contributed by atoms with van der Waals surface area (Å²) in [7, 11) is 0.